The first kappa shape index (κ1) is 18.2. The van der Waals surface area contributed by atoms with E-state index in [0.717, 1.165) is 37.8 Å². The number of Topliss-reactive ketones (excluding diaryl/α,β-unsaturated/α-hetero) is 2. The molecule has 4 rings (SSSR count). The standard InChI is InChI=1S/C21H32N2O3/c1-20-7-5-13(23-26-10-9-22)11-17(20)18(24)12-14-15-3-4-19(25)21(15,2)8-6-16(14)20/h11,14-17,23H,3-10,12,22H2,1-2H3/t14-,15-,16-,17+,20+,21+/m0/s1. The number of fused-ring (bicyclic) bond motifs is 5. The van der Waals surface area contributed by atoms with Crippen LogP contribution in [0.2, 0.25) is 0 Å². The molecule has 3 N–H and O–H groups in total. The van der Waals surface area contributed by atoms with Crippen molar-refractivity contribution in [1.29, 1.82) is 0 Å². The van der Waals surface area contributed by atoms with E-state index >= 15 is 0 Å². The van der Waals surface area contributed by atoms with Gasteiger partial charge in [0.05, 0.1) is 6.61 Å². The van der Waals surface area contributed by atoms with Gasteiger partial charge in [0.15, 0.2) is 0 Å². The summed E-state index contributed by atoms with van der Waals surface area (Å²) in [6.07, 6.45) is 8.47. The van der Waals surface area contributed by atoms with E-state index in [9.17, 15) is 9.59 Å². The van der Waals surface area contributed by atoms with E-state index in [1.807, 2.05) is 0 Å². The lowest BCUT2D eigenvalue weighted by Crippen LogP contribution is -2.55. The van der Waals surface area contributed by atoms with Crippen molar-refractivity contribution < 1.29 is 14.4 Å². The number of ketones is 2. The summed E-state index contributed by atoms with van der Waals surface area (Å²) in [6, 6.07) is 0. The van der Waals surface area contributed by atoms with Gasteiger partial charge in [0.25, 0.3) is 0 Å². The molecule has 0 aromatic heterocycles. The van der Waals surface area contributed by atoms with Gasteiger partial charge in [0, 0.05) is 36.4 Å². The van der Waals surface area contributed by atoms with Gasteiger partial charge in [-0.25, -0.2) is 0 Å². The van der Waals surface area contributed by atoms with Crippen LogP contribution in [-0.4, -0.2) is 24.7 Å². The second-order valence-electron chi connectivity index (χ2n) is 9.38. The van der Waals surface area contributed by atoms with Crippen molar-refractivity contribution in [1.82, 2.24) is 5.48 Å². The number of hydrogen-bond acceptors (Lipinski definition) is 5. The predicted octanol–water partition coefficient (Wildman–Crippen LogP) is 2.75. The number of hydroxylamine groups is 1. The molecule has 144 valence electrons. The Bertz CT molecular complexity index is 645. The molecule has 3 saturated carbocycles. The van der Waals surface area contributed by atoms with Crippen LogP contribution in [0.3, 0.4) is 0 Å². The van der Waals surface area contributed by atoms with Crippen LogP contribution in [0.15, 0.2) is 11.8 Å². The third-order valence-electron chi connectivity index (χ3n) is 8.21. The number of rotatable bonds is 4. The molecule has 5 nitrogen and oxygen atoms in total. The first-order valence-electron chi connectivity index (χ1n) is 10.2. The van der Waals surface area contributed by atoms with Crippen LogP contribution in [0.4, 0.5) is 0 Å². The minimum Gasteiger partial charge on any atom is -0.328 e. The van der Waals surface area contributed by atoms with Gasteiger partial charge >= 0.3 is 0 Å². The Hall–Kier alpha value is -1.20. The molecule has 0 radical (unpaired) electrons. The zero-order chi connectivity index (χ0) is 18.5. The lowest BCUT2D eigenvalue weighted by Gasteiger charge is -2.57. The summed E-state index contributed by atoms with van der Waals surface area (Å²) in [5.41, 5.74) is 9.33. The molecule has 0 amide bonds. The Kier molecular flexibility index (Phi) is 4.51. The van der Waals surface area contributed by atoms with Crippen LogP contribution in [0.1, 0.15) is 58.8 Å². The topological polar surface area (TPSA) is 81.4 Å². The fourth-order valence-corrected chi connectivity index (χ4v) is 6.72. The van der Waals surface area contributed by atoms with Gasteiger partial charge in [-0.1, -0.05) is 19.9 Å². The number of carbonyl (C=O) groups is 2. The quantitative estimate of drug-likeness (QED) is 0.595. The van der Waals surface area contributed by atoms with Crippen molar-refractivity contribution in [3.63, 3.8) is 0 Å². The number of nitrogens with two attached hydrogens (primary N) is 1. The zero-order valence-corrected chi connectivity index (χ0v) is 16.1. The van der Waals surface area contributed by atoms with Crippen molar-refractivity contribution in [2.45, 2.75) is 58.8 Å². The average molecular weight is 360 g/mol. The van der Waals surface area contributed by atoms with Crippen LogP contribution in [0.25, 0.3) is 0 Å². The number of hydrogen-bond donors (Lipinski definition) is 2. The smallest absolute Gasteiger partial charge is 0.140 e. The van der Waals surface area contributed by atoms with Gasteiger partial charge in [0.1, 0.15) is 11.6 Å². The van der Waals surface area contributed by atoms with Gasteiger partial charge in [-0.2, -0.15) is 0 Å². The average Bonchev–Trinajstić information content (AvgIpc) is 2.92. The van der Waals surface area contributed by atoms with E-state index in [0.29, 0.717) is 55.3 Å². The Labute approximate surface area is 156 Å². The maximum atomic E-state index is 13.1. The lowest BCUT2D eigenvalue weighted by atomic mass is 9.46. The van der Waals surface area contributed by atoms with Crippen LogP contribution >= 0.6 is 0 Å². The third kappa shape index (κ3) is 2.58. The summed E-state index contributed by atoms with van der Waals surface area (Å²) < 4.78 is 0. The van der Waals surface area contributed by atoms with Crippen molar-refractivity contribution in [2.24, 2.45) is 40.2 Å². The molecule has 0 bridgehead atoms. The molecule has 26 heavy (non-hydrogen) atoms. The monoisotopic (exact) mass is 360 g/mol. The number of carbonyl (C=O) groups excluding carboxylic acids is 2. The van der Waals surface area contributed by atoms with Crippen LogP contribution in [0, 0.1) is 34.5 Å². The Morgan fingerprint density at radius 2 is 2.00 bits per heavy atom. The Morgan fingerprint density at radius 3 is 2.77 bits per heavy atom. The largest absolute Gasteiger partial charge is 0.328 e. The van der Waals surface area contributed by atoms with Gasteiger partial charge in [-0.3, -0.25) is 19.9 Å². The fraction of sp³-hybridized carbons (Fsp3) is 0.810. The summed E-state index contributed by atoms with van der Waals surface area (Å²) >= 11 is 0. The minimum absolute atomic E-state index is 0.0199. The number of nitrogens with one attached hydrogen (secondary N) is 1. The van der Waals surface area contributed by atoms with E-state index in [1.54, 1.807) is 0 Å². The van der Waals surface area contributed by atoms with E-state index in [1.165, 1.54) is 0 Å². The van der Waals surface area contributed by atoms with Crippen molar-refractivity contribution >= 4 is 11.6 Å². The van der Waals surface area contributed by atoms with Gasteiger partial charge in [-0.05, 0) is 55.3 Å². The molecule has 0 spiro atoms. The highest BCUT2D eigenvalue weighted by Crippen LogP contribution is 2.64. The molecule has 5 heteroatoms. The Balaban J connectivity index is 1.58. The van der Waals surface area contributed by atoms with E-state index in [2.05, 4.69) is 25.4 Å². The van der Waals surface area contributed by atoms with Gasteiger partial charge in [0.2, 0.25) is 0 Å². The summed E-state index contributed by atoms with van der Waals surface area (Å²) in [5.74, 6) is 2.13. The van der Waals surface area contributed by atoms with Crippen molar-refractivity contribution in [3.8, 4) is 0 Å². The first-order valence-corrected chi connectivity index (χ1v) is 10.2. The second kappa shape index (κ2) is 6.45. The van der Waals surface area contributed by atoms with Gasteiger partial charge < -0.3 is 5.73 Å². The van der Waals surface area contributed by atoms with E-state index in [-0.39, 0.29) is 16.7 Å². The third-order valence-corrected chi connectivity index (χ3v) is 8.21. The maximum Gasteiger partial charge on any atom is 0.140 e. The molecule has 3 fully saturated rings. The van der Waals surface area contributed by atoms with Gasteiger partial charge in [-0.15, -0.1) is 0 Å². The van der Waals surface area contributed by atoms with Crippen molar-refractivity contribution in [3.05, 3.63) is 11.8 Å². The van der Waals surface area contributed by atoms with E-state index < -0.39 is 0 Å². The molecular weight excluding hydrogens is 328 g/mol. The van der Waals surface area contributed by atoms with E-state index in [4.69, 9.17) is 10.6 Å². The summed E-state index contributed by atoms with van der Waals surface area (Å²) in [6.45, 7) is 5.43. The molecule has 0 saturated heterocycles. The summed E-state index contributed by atoms with van der Waals surface area (Å²) in [7, 11) is 0. The molecular formula is C21H32N2O3. The molecule has 0 aromatic rings. The van der Waals surface area contributed by atoms with Crippen molar-refractivity contribution in [2.75, 3.05) is 13.2 Å². The molecule has 4 aliphatic rings. The molecule has 0 heterocycles. The first-order chi connectivity index (χ1) is 12.4. The van der Waals surface area contributed by atoms with Crippen LogP contribution < -0.4 is 11.2 Å². The number of allylic oxidation sites excluding steroid dienone is 2. The van der Waals surface area contributed by atoms with Crippen LogP contribution in [0.5, 0.6) is 0 Å². The molecule has 0 aliphatic heterocycles. The highest BCUT2D eigenvalue weighted by atomic mass is 16.6. The highest BCUT2D eigenvalue weighted by molar-refractivity contribution is 5.88. The zero-order valence-electron chi connectivity index (χ0n) is 16.1. The predicted molar refractivity (Wildman–Crippen MR) is 98.7 cm³/mol. The second-order valence-corrected chi connectivity index (χ2v) is 9.38. The maximum absolute atomic E-state index is 13.1. The Morgan fingerprint density at radius 1 is 1.19 bits per heavy atom. The summed E-state index contributed by atoms with van der Waals surface area (Å²) in [5, 5.41) is 0. The van der Waals surface area contributed by atoms with Crippen LogP contribution in [-0.2, 0) is 14.4 Å². The summed E-state index contributed by atoms with van der Waals surface area (Å²) in [4.78, 5) is 31.0. The molecule has 6 atom stereocenters. The minimum atomic E-state index is -0.169. The molecule has 4 aliphatic carbocycles. The SMILES string of the molecule is C[C@]12CCC(NOCCN)=C[C@@H]1C(=O)C[C@@H]1[C@@H]2CC[C@@]2(C)C(=O)CC[C@@H]12. The lowest BCUT2D eigenvalue weighted by molar-refractivity contribution is -0.149. The normalized spacial score (nSPS) is 44.8. The highest BCUT2D eigenvalue weighted by Gasteiger charge is 2.61. The fourth-order valence-electron chi connectivity index (χ4n) is 6.72. The molecule has 0 unspecified atom stereocenters. The molecule has 0 aromatic carbocycles.